The Morgan fingerprint density at radius 3 is 2.88 bits per heavy atom. The summed E-state index contributed by atoms with van der Waals surface area (Å²) < 4.78 is 0. The molecule has 0 unspecified atom stereocenters. The summed E-state index contributed by atoms with van der Waals surface area (Å²) in [7, 11) is 0. The number of benzene rings is 1. The van der Waals surface area contributed by atoms with Gasteiger partial charge in [0, 0.05) is 17.8 Å². The van der Waals surface area contributed by atoms with Crippen LogP contribution in [0.15, 0.2) is 46.8 Å². The van der Waals surface area contributed by atoms with E-state index in [-0.39, 0.29) is 5.28 Å². The van der Waals surface area contributed by atoms with Gasteiger partial charge in [-0.3, -0.25) is 0 Å². The SMILES string of the molecule is Clc1nc(Sc2ncc[nH]2)c2ccccc2n1. The molecule has 0 radical (unpaired) electrons. The van der Waals surface area contributed by atoms with Crippen molar-refractivity contribution in [3.05, 3.63) is 41.9 Å². The second-order valence-electron chi connectivity index (χ2n) is 3.31. The van der Waals surface area contributed by atoms with Crippen molar-refractivity contribution in [3.63, 3.8) is 0 Å². The standard InChI is InChI=1S/C11H7ClN4S/c12-10-15-8-4-2-1-3-7(8)9(16-10)17-11-13-5-6-14-11/h1-6H,(H,13,14). The molecular weight excluding hydrogens is 256 g/mol. The van der Waals surface area contributed by atoms with E-state index >= 15 is 0 Å². The van der Waals surface area contributed by atoms with Gasteiger partial charge in [0.25, 0.3) is 0 Å². The van der Waals surface area contributed by atoms with Crippen LogP contribution in [0.3, 0.4) is 0 Å². The molecule has 0 atom stereocenters. The average Bonchev–Trinajstić information content (AvgIpc) is 2.81. The Kier molecular flexibility index (Phi) is 2.70. The van der Waals surface area contributed by atoms with Crippen molar-refractivity contribution in [1.29, 1.82) is 0 Å². The maximum absolute atomic E-state index is 5.90. The third-order valence-corrected chi connectivity index (χ3v) is 3.30. The molecule has 0 fully saturated rings. The van der Waals surface area contributed by atoms with Crippen LogP contribution in [0.5, 0.6) is 0 Å². The lowest BCUT2D eigenvalue weighted by Crippen LogP contribution is -1.89. The summed E-state index contributed by atoms with van der Waals surface area (Å²) in [5, 5.41) is 2.80. The molecule has 1 aromatic carbocycles. The van der Waals surface area contributed by atoms with E-state index in [0.29, 0.717) is 0 Å². The van der Waals surface area contributed by atoms with Crippen LogP contribution in [0.1, 0.15) is 0 Å². The number of fused-ring (bicyclic) bond motifs is 1. The zero-order chi connectivity index (χ0) is 11.7. The molecule has 0 bridgehead atoms. The molecule has 2 heterocycles. The van der Waals surface area contributed by atoms with Gasteiger partial charge in [-0.2, -0.15) is 0 Å². The smallest absolute Gasteiger partial charge is 0.224 e. The van der Waals surface area contributed by atoms with Crippen LogP contribution in [0, 0.1) is 0 Å². The van der Waals surface area contributed by atoms with E-state index in [9.17, 15) is 0 Å². The highest BCUT2D eigenvalue weighted by molar-refractivity contribution is 7.99. The van der Waals surface area contributed by atoms with Gasteiger partial charge in [-0.1, -0.05) is 18.2 Å². The Labute approximate surface area is 106 Å². The van der Waals surface area contributed by atoms with E-state index in [1.54, 1.807) is 12.4 Å². The molecule has 0 aliphatic heterocycles. The van der Waals surface area contributed by atoms with Crippen molar-refractivity contribution in [2.75, 3.05) is 0 Å². The topological polar surface area (TPSA) is 54.5 Å². The van der Waals surface area contributed by atoms with E-state index in [1.807, 2.05) is 24.3 Å². The summed E-state index contributed by atoms with van der Waals surface area (Å²) in [5.41, 5.74) is 0.835. The van der Waals surface area contributed by atoms with E-state index in [1.165, 1.54) is 11.8 Å². The average molecular weight is 263 g/mol. The van der Waals surface area contributed by atoms with E-state index in [0.717, 1.165) is 21.1 Å². The van der Waals surface area contributed by atoms with Crippen LogP contribution >= 0.6 is 23.4 Å². The van der Waals surface area contributed by atoms with Crippen LogP contribution in [-0.2, 0) is 0 Å². The molecule has 0 aliphatic carbocycles. The Morgan fingerprint density at radius 1 is 1.18 bits per heavy atom. The van der Waals surface area contributed by atoms with Gasteiger partial charge < -0.3 is 4.98 Å². The van der Waals surface area contributed by atoms with Crippen LogP contribution in [0.2, 0.25) is 5.28 Å². The fourth-order valence-electron chi connectivity index (χ4n) is 1.50. The lowest BCUT2D eigenvalue weighted by molar-refractivity contribution is 1.04. The number of hydrogen-bond acceptors (Lipinski definition) is 4. The molecule has 0 spiro atoms. The summed E-state index contributed by atoms with van der Waals surface area (Å²) in [6.45, 7) is 0. The molecular formula is C11H7ClN4S. The van der Waals surface area contributed by atoms with Crippen molar-refractivity contribution in [2.24, 2.45) is 0 Å². The predicted molar refractivity (Wildman–Crippen MR) is 67.3 cm³/mol. The number of nitrogens with one attached hydrogen (secondary N) is 1. The predicted octanol–water partition coefficient (Wildman–Crippen LogP) is 3.16. The highest BCUT2D eigenvalue weighted by Gasteiger charge is 2.08. The van der Waals surface area contributed by atoms with Crippen molar-refractivity contribution >= 4 is 34.3 Å². The maximum Gasteiger partial charge on any atom is 0.224 e. The second-order valence-corrected chi connectivity index (χ2v) is 4.63. The summed E-state index contributed by atoms with van der Waals surface area (Å²) in [6, 6.07) is 7.75. The molecule has 0 aliphatic rings. The normalized spacial score (nSPS) is 10.9. The van der Waals surface area contributed by atoms with Gasteiger partial charge >= 0.3 is 0 Å². The largest absolute Gasteiger partial charge is 0.339 e. The van der Waals surface area contributed by atoms with Gasteiger partial charge in [-0.25, -0.2) is 15.0 Å². The molecule has 17 heavy (non-hydrogen) atoms. The molecule has 84 valence electrons. The molecule has 0 amide bonds. The van der Waals surface area contributed by atoms with Gasteiger partial charge in [0.1, 0.15) is 5.03 Å². The molecule has 0 saturated carbocycles. The number of rotatable bonds is 2. The first-order chi connectivity index (χ1) is 8.33. The second kappa shape index (κ2) is 4.35. The number of aromatic amines is 1. The number of aromatic nitrogens is 4. The molecule has 6 heteroatoms. The van der Waals surface area contributed by atoms with E-state index < -0.39 is 0 Å². The lowest BCUT2D eigenvalue weighted by atomic mass is 10.2. The Balaban J connectivity index is 2.14. The molecule has 3 aromatic rings. The van der Waals surface area contributed by atoms with E-state index in [2.05, 4.69) is 19.9 Å². The Bertz CT molecular complexity index is 654. The quantitative estimate of drug-likeness (QED) is 0.569. The van der Waals surface area contributed by atoms with Crippen molar-refractivity contribution < 1.29 is 0 Å². The number of halogens is 1. The van der Waals surface area contributed by atoms with Gasteiger partial charge in [0.15, 0.2) is 5.16 Å². The highest BCUT2D eigenvalue weighted by Crippen LogP contribution is 2.29. The number of para-hydroxylation sites is 1. The number of hydrogen-bond donors (Lipinski definition) is 1. The fraction of sp³-hybridized carbons (Fsp3) is 0. The summed E-state index contributed by atoms with van der Waals surface area (Å²) in [6.07, 6.45) is 3.47. The monoisotopic (exact) mass is 262 g/mol. The minimum Gasteiger partial charge on any atom is -0.339 e. The van der Waals surface area contributed by atoms with Gasteiger partial charge in [0.2, 0.25) is 5.28 Å². The number of imidazole rings is 1. The van der Waals surface area contributed by atoms with Crippen LogP contribution in [0.4, 0.5) is 0 Å². The summed E-state index contributed by atoms with van der Waals surface area (Å²) >= 11 is 7.33. The Hall–Kier alpha value is -1.59. The first-order valence-corrected chi connectivity index (χ1v) is 6.12. The maximum atomic E-state index is 5.90. The van der Waals surface area contributed by atoms with Gasteiger partial charge in [-0.15, -0.1) is 0 Å². The summed E-state index contributed by atoms with van der Waals surface area (Å²) in [5.74, 6) is 0. The van der Waals surface area contributed by atoms with Gasteiger partial charge in [-0.05, 0) is 29.4 Å². The van der Waals surface area contributed by atoms with Crippen LogP contribution < -0.4 is 0 Å². The number of H-pyrrole nitrogens is 1. The highest BCUT2D eigenvalue weighted by atomic mass is 35.5. The van der Waals surface area contributed by atoms with Crippen LogP contribution in [0.25, 0.3) is 10.9 Å². The third kappa shape index (κ3) is 2.11. The third-order valence-electron chi connectivity index (χ3n) is 2.21. The van der Waals surface area contributed by atoms with Crippen molar-refractivity contribution in [1.82, 2.24) is 19.9 Å². The summed E-state index contributed by atoms with van der Waals surface area (Å²) in [4.78, 5) is 15.6. The minimum absolute atomic E-state index is 0.248. The van der Waals surface area contributed by atoms with Crippen LogP contribution in [-0.4, -0.2) is 19.9 Å². The van der Waals surface area contributed by atoms with Crippen molar-refractivity contribution in [2.45, 2.75) is 10.2 Å². The van der Waals surface area contributed by atoms with Gasteiger partial charge in [0.05, 0.1) is 5.52 Å². The first kappa shape index (κ1) is 10.6. The minimum atomic E-state index is 0.248. The zero-order valence-corrected chi connectivity index (χ0v) is 10.2. The fourth-order valence-corrected chi connectivity index (χ4v) is 2.56. The molecule has 2 aromatic heterocycles. The molecule has 4 nitrogen and oxygen atoms in total. The molecule has 3 rings (SSSR count). The Morgan fingerprint density at radius 2 is 2.06 bits per heavy atom. The van der Waals surface area contributed by atoms with Crippen molar-refractivity contribution in [3.8, 4) is 0 Å². The molecule has 1 N–H and O–H groups in total. The first-order valence-electron chi connectivity index (χ1n) is 4.92. The van der Waals surface area contributed by atoms with E-state index in [4.69, 9.17) is 11.6 Å². The number of nitrogens with zero attached hydrogens (tertiary/aromatic N) is 3. The molecule has 0 saturated heterocycles. The lowest BCUT2D eigenvalue weighted by Gasteiger charge is -2.03. The zero-order valence-electron chi connectivity index (χ0n) is 8.59.